The summed E-state index contributed by atoms with van der Waals surface area (Å²) in [5.74, 6) is 0. The van der Waals surface area contributed by atoms with E-state index in [1.165, 1.54) is 24.0 Å². The summed E-state index contributed by atoms with van der Waals surface area (Å²) in [6, 6.07) is 6.86. The lowest BCUT2D eigenvalue weighted by molar-refractivity contribution is 0.199. The van der Waals surface area contributed by atoms with E-state index in [-0.39, 0.29) is 6.10 Å². The van der Waals surface area contributed by atoms with Crippen LogP contribution < -0.4 is 5.23 Å². The van der Waals surface area contributed by atoms with E-state index >= 15 is 0 Å². The first kappa shape index (κ1) is 10.7. The summed E-state index contributed by atoms with van der Waals surface area (Å²) in [4.78, 5) is 0. The van der Waals surface area contributed by atoms with E-state index in [4.69, 9.17) is 0 Å². The molecule has 0 aliphatic heterocycles. The van der Waals surface area contributed by atoms with Crippen molar-refractivity contribution in [3.8, 4) is 0 Å². The molecule has 0 bridgehead atoms. The maximum atomic E-state index is 9.53. The average molecular weight is 203 g/mol. The maximum absolute atomic E-state index is 9.53. The van der Waals surface area contributed by atoms with Crippen LogP contribution in [0, 0.1) is 0 Å². The third-order valence-electron chi connectivity index (χ3n) is 3.31. The lowest BCUT2D eigenvalue weighted by Crippen LogP contribution is -2.22. The zero-order valence-electron chi connectivity index (χ0n) is 9.46. The number of fused-ring (bicyclic) bond motifs is 1. The van der Waals surface area contributed by atoms with E-state index in [0.717, 1.165) is 12.0 Å². The Hall–Kier alpha value is -0.795. The van der Waals surface area contributed by atoms with Crippen molar-refractivity contribution < 1.29 is 5.11 Å². The van der Waals surface area contributed by atoms with Crippen LogP contribution in [0.25, 0.3) is 0 Å². The minimum atomic E-state index is -0.356. The van der Waals surface area contributed by atoms with Crippen molar-refractivity contribution in [3.05, 3.63) is 34.9 Å². The summed E-state index contributed by atoms with van der Waals surface area (Å²) in [6.45, 7) is 1.82. The van der Waals surface area contributed by atoms with Crippen molar-refractivity contribution >= 4 is 7.98 Å². The highest BCUT2D eigenvalue weighted by Gasteiger charge is 2.18. The Labute approximate surface area is 92.1 Å². The van der Waals surface area contributed by atoms with Crippen LogP contribution >= 0.6 is 0 Å². The van der Waals surface area contributed by atoms with Gasteiger partial charge in [0.2, 0.25) is 0 Å². The summed E-state index contributed by atoms with van der Waals surface area (Å²) < 4.78 is 0. The molecule has 1 aromatic rings. The molecule has 0 amide bonds. The fourth-order valence-corrected chi connectivity index (χ4v) is 2.39. The van der Waals surface area contributed by atoms with Crippen molar-refractivity contribution in [1.29, 1.82) is 0 Å². The van der Waals surface area contributed by atoms with Gasteiger partial charge < -0.3 is 10.3 Å². The first-order chi connectivity index (χ1) is 7.22. The van der Waals surface area contributed by atoms with Crippen LogP contribution in [0.2, 0.25) is 0 Å². The van der Waals surface area contributed by atoms with Gasteiger partial charge in [-0.05, 0) is 42.9 Å². The Kier molecular flexibility index (Phi) is 3.12. The minimum absolute atomic E-state index is 0.356. The number of rotatable bonds is 2. The predicted molar refractivity (Wildman–Crippen MR) is 64.4 cm³/mol. The van der Waals surface area contributed by atoms with Gasteiger partial charge in [0, 0.05) is 6.04 Å². The molecule has 0 radical (unpaired) electrons. The molecule has 0 aromatic heterocycles. The van der Waals surface area contributed by atoms with Gasteiger partial charge in [0.25, 0.3) is 0 Å². The number of hydrogen-bond acceptors (Lipinski definition) is 2. The third-order valence-corrected chi connectivity index (χ3v) is 3.31. The Morgan fingerprint density at radius 2 is 2.33 bits per heavy atom. The Morgan fingerprint density at radius 3 is 3.00 bits per heavy atom. The van der Waals surface area contributed by atoms with Crippen LogP contribution in [-0.2, 0) is 6.42 Å². The van der Waals surface area contributed by atoms with Crippen LogP contribution in [0.15, 0.2) is 18.2 Å². The maximum Gasteiger partial charge on any atom is 0.182 e. The van der Waals surface area contributed by atoms with Crippen molar-refractivity contribution in [2.75, 3.05) is 0 Å². The van der Waals surface area contributed by atoms with Crippen LogP contribution in [-0.4, -0.2) is 13.1 Å². The second-order valence-corrected chi connectivity index (χ2v) is 4.37. The summed E-state index contributed by atoms with van der Waals surface area (Å²) in [7, 11) is 2.02. The van der Waals surface area contributed by atoms with E-state index < -0.39 is 0 Å². The molecule has 2 N–H and O–H groups in total. The molecule has 15 heavy (non-hydrogen) atoms. The van der Waals surface area contributed by atoms with Crippen LogP contribution in [0.5, 0.6) is 0 Å². The molecule has 1 aliphatic rings. The van der Waals surface area contributed by atoms with Gasteiger partial charge in [0.1, 0.15) is 0 Å². The molecule has 80 valence electrons. The molecule has 3 heteroatoms. The van der Waals surface area contributed by atoms with Gasteiger partial charge in [-0.1, -0.05) is 18.2 Å². The normalized spacial score (nSPS) is 22.1. The standard InChI is InChI=1S/C12H18BNO/c1-8(15)9-5-6-11-10(7-9)3-2-4-12(11)14-13/h5-8,12,14-15H,2-4,13H2,1H3/t8?,12-/m1/s1. The molecular formula is C12H18BNO. The predicted octanol–water partition coefficient (Wildman–Crippen LogP) is 1.25. The monoisotopic (exact) mass is 203 g/mol. The number of benzene rings is 1. The van der Waals surface area contributed by atoms with Crippen LogP contribution in [0.4, 0.5) is 0 Å². The summed E-state index contributed by atoms with van der Waals surface area (Å²) in [5, 5.41) is 12.9. The lowest BCUT2D eigenvalue weighted by atomic mass is 9.85. The van der Waals surface area contributed by atoms with Gasteiger partial charge >= 0.3 is 0 Å². The van der Waals surface area contributed by atoms with Crippen molar-refractivity contribution in [2.24, 2.45) is 0 Å². The molecule has 0 spiro atoms. The number of hydrogen-bond donors (Lipinski definition) is 2. The first-order valence-corrected chi connectivity index (χ1v) is 5.70. The zero-order chi connectivity index (χ0) is 10.8. The molecule has 2 nitrogen and oxygen atoms in total. The summed E-state index contributed by atoms with van der Waals surface area (Å²) in [6.07, 6.45) is 3.25. The van der Waals surface area contributed by atoms with Gasteiger partial charge in [0.05, 0.1) is 6.10 Å². The highest BCUT2D eigenvalue weighted by Crippen LogP contribution is 2.31. The highest BCUT2D eigenvalue weighted by atomic mass is 16.3. The van der Waals surface area contributed by atoms with Gasteiger partial charge in [-0.15, -0.1) is 0 Å². The number of nitrogens with one attached hydrogen (secondary N) is 1. The van der Waals surface area contributed by atoms with Crippen LogP contribution in [0.3, 0.4) is 0 Å². The van der Waals surface area contributed by atoms with Crippen molar-refractivity contribution in [2.45, 2.75) is 38.3 Å². The number of aliphatic hydroxyl groups excluding tert-OH is 1. The smallest absolute Gasteiger partial charge is 0.182 e. The average Bonchev–Trinajstić information content (AvgIpc) is 2.27. The van der Waals surface area contributed by atoms with Crippen molar-refractivity contribution in [3.63, 3.8) is 0 Å². The molecule has 0 fully saturated rings. The van der Waals surface area contributed by atoms with E-state index in [9.17, 15) is 5.11 Å². The van der Waals surface area contributed by atoms with Gasteiger partial charge in [-0.3, -0.25) is 0 Å². The molecule has 1 aromatic carbocycles. The summed E-state index contributed by atoms with van der Waals surface area (Å²) >= 11 is 0. The topological polar surface area (TPSA) is 32.3 Å². The largest absolute Gasteiger partial charge is 0.389 e. The SMILES string of the molecule is BN[C@@H]1CCCc2cc(C(C)O)ccc21. The molecule has 0 saturated heterocycles. The Bertz CT molecular complexity index is 351. The van der Waals surface area contributed by atoms with Crippen molar-refractivity contribution in [1.82, 2.24) is 5.23 Å². The first-order valence-electron chi connectivity index (χ1n) is 5.70. The number of aliphatic hydroxyl groups is 1. The molecule has 0 saturated carbocycles. The highest BCUT2D eigenvalue weighted by molar-refractivity contribution is 6.04. The molecule has 2 rings (SSSR count). The van der Waals surface area contributed by atoms with Gasteiger partial charge in [-0.2, -0.15) is 0 Å². The van der Waals surface area contributed by atoms with Gasteiger partial charge in [-0.25, -0.2) is 0 Å². The third kappa shape index (κ3) is 2.08. The number of aryl methyl sites for hydroxylation is 1. The molecule has 1 aliphatic carbocycles. The fourth-order valence-electron chi connectivity index (χ4n) is 2.39. The van der Waals surface area contributed by atoms with Gasteiger partial charge in [0.15, 0.2) is 7.98 Å². The quantitative estimate of drug-likeness (QED) is 0.709. The Morgan fingerprint density at radius 1 is 1.53 bits per heavy atom. The fraction of sp³-hybridized carbons (Fsp3) is 0.500. The molecule has 1 unspecified atom stereocenters. The van der Waals surface area contributed by atoms with E-state index in [2.05, 4.69) is 17.4 Å². The van der Waals surface area contributed by atoms with E-state index in [1.807, 2.05) is 21.0 Å². The molecular weight excluding hydrogens is 185 g/mol. The summed E-state index contributed by atoms with van der Waals surface area (Å²) in [5.41, 5.74) is 3.85. The van der Waals surface area contributed by atoms with Crippen LogP contribution in [0.1, 0.15) is 48.6 Å². The minimum Gasteiger partial charge on any atom is -0.389 e. The molecule has 2 atom stereocenters. The van der Waals surface area contributed by atoms with E-state index in [0.29, 0.717) is 6.04 Å². The molecule has 0 heterocycles. The second-order valence-electron chi connectivity index (χ2n) is 4.37. The zero-order valence-corrected chi connectivity index (χ0v) is 9.46. The van der Waals surface area contributed by atoms with E-state index in [1.54, 1.807) is 0 Å². The lowest BCUT2D eigenvalue weighted by Gasteiger charge is -2.26. The Balaban J connectivity index is 2.36. The second kappa shape index (κ2) is 4.37.